The average Bonchev–Trinajstić information content (AvgIpc) is 2.38. The fourth-order valence-electron chi connectivity index (χ4n) is 2.24. The molecule has 1 heterocycles. The molecule has 2 amide bonds. The number of carbonyl (C=O) groups excluding carboxylic acids is 1. The Bertz CT molecular complexity index is 403. The van der Waals surface area contributed by atoms with Crippen molar-refractivity contribution < 1.29 is 4.79 Å². The first kappa shape index (κ1) is 16.1. The third kappa shape index (κ3) is 3.15. The molecule has 1 aliphatic rings. The van der Waals surface area contributed by atoms with Crippen LogP contribution in [0.2, 0.25) is 0 Å². The Morgan fingerprint density at radius 2 is 1.40 bits per heavy atom. The summed E-state index contributed by atoms with van der Waals surface area (Å²) in [4.78, 5) is 15.9. The molecule has 1 fully saturated rings. The van der Waals surface area contributed by atoms with E-state index in [0.717, 1.165) is 25.7 Å². The van der Waals surface area contributed by atoms with Crippen LogP contribution in [0.15, 0.2) is 35.9 Å². The summed E-state index contributed by atoms with van der Waals surface area (Å²) in [5.41, 5.74) is 13.2. The fraction of sp³-hybridized carbons (Fsp3) is 0.533. The van der Waals surface area contributed by atoms with E-state index in [0.29, 0.717) is 30.1 Å². The van der Waals surface area contributed by atoms with Crippen molar-refractivity contribution in [2.24, 2.45) is 11.5 Å². The number of nitrogens with zero attached hydrogens (tertiary/aromatic N) is 2. The van der Waals surface area contributed by atoms with Crippen LogP contribution in [-0.2, 0) is 0 Å². The van der Waals surface area contributed by atoms with Crippen molar-refractivity contribution in [3.8, 4) is 0 Å². The van der Waals surface area contributed by atoms with E-state index >= 15 is 0 Å². The second kappa shape index (κ2) is 7.03. The van der Waals surface area contributed by atoms with Gasteiger partial charge in [-0.3, -0.25) is 9.80 Å². The van der Waals surface area contributed by atoms with Crippen LogP contribution in [0.25, 0.3) is 0 Å². The second-order valence-corrected chi connectivity index (χ2v) is 5.02. The number of nitrogens with two attached hydrogens (primary N) is 2. The van der Waals surface area contributed by atoms with Crippen molar-refractivity contribution in [2.45, 2.75) is 39.5 Å². The lowest BCUT2D eigenvalue weighted by atomic mass is 10.0. The highest BCUT2D eigenvalue weighted by Crippen LogP contribution is 2.31. The molecule has 0 spiro atoms. The van der Waals surface area contributed by atoms with Crippen LogP contribution in [0.4, 0.5) is 4.79 Å². The van der Waals surface area contributed by atoms with Crippen LogP contribution in [0.5, 0.6) is 0 Å². The number of hydrogen-bond donors (Lipinski definition) is 2. The van der Waals surface area contributed by atoms with Crippen molar-refractivity contribution in [1.29, 1.82) is 0 Å². The number of unbranched alkanes of at least 4 members (excludes halogenated alkanes) is 2. The molecule has 20 heavy (non-hydrogen) atoms. The standard InChI is InChI=1S/C15H26N4O/c1-5-7-9-18-11(3)13(14(16)17)12(4)19(15(18)20)10-8-6-2/h3-10,16-17H2,1-2H3. The summed E-state index contributed by atoms with van der Waals surface area (Å²) in [5, 5.41) is 0. The first-order valence-electron chi connectivity index (χ1n) is 7.18. The van der Waals surface area contributed by atoms with Crippen molar-refractivity contribution >= 4 is 6.03 Å². The predicted octanol–water partition coefficient (Wildman–Crippen LogP) is 2.48. The molecular weight excluding hydrogens is 252 g/mol. The first-order chi connectivity index (χ1) is 9.45. The van der Waals surface area contributed by atoms with Gasteiger partial charge in [0.1, 0.15) is 5.82 Å². The Kier molecular flexibility index (Phi) is 5.67. The molecule has 1 rings (SSSR count). The minimum absolute atomic E-state index is 0.0769. The molecule has 0 aromatic rings. The molecule has 0 radical (unpaired) electrons. The van der Waals surface area contributed by atoms with Gasteiger partial charge in [-0.25, -0.2) is 4.79 Å². The molecule has 5 heteroatoms. The van der Waals surface area contributed by atoms with Gasteiger partial charge in [-0.1, -0.05) is 39.8 Å². The largest absolute Gasteiger partial charge is 0.385 e. The highest BCUT2D eigenvalue weighted by molar-refractivity contribution is 5.84. The van der Waals surface area contributed by atoms with Gasteiger partial charge in [-0.05, 0) is 12.8 Å². The number of hydrogen-bond acceptors (Lipinski definition) is 3. The molecule has 0 aromatic carbocycles. The topological polar surface area (TPSA) is 75.6 Å². The van der Waals surface area contributed by atoms with Crippen molar-refractivity contribution in [3.05, 3.63) is 35.9 Å². The van der Waals surface area contributed by atoms with Gasteiger partial charge in [0.15, 0.2) is 0 Å². The highest BCUT2D eigenvalue weighted by Gasteiger charge is 2.34. The van der Waals surface area contributed by atoms with Crippen LogP contribution in [0, 0.1) is 0 Å². The van der Waals surface area contributed by atoms with E-state index < -0.39 is 0 Å². The number of amides is 2. The fourth-order valence-corrected chi connectivity index (χ4v) is 2.24. The Hall–Kier alpha value is -1.91. The maximum Gasteiger partial charge on any atom is 0.328 e. The normalized spacial score (nSPS) is 16.1. The third-order valence-electron chi connectivity index (χ3n) is 3.45. The van der Waals surface area contributed by atoms with E-state index in [1.54, 1.807) is 9.80 Å². The van der Waals surface area contributed by atoms with Crippen molar-refractivity contribution in [3.63, 3.8) is 0 Å². The third-order valence-corrected chi connectivity index (χ3v) is 3.45. The molecule has 112 valence electrons. The summed E-state index contributed by atoms with van der Waals surface area (Å²) in [6, 6.07) is -0.0769. The molecule has 5 nitrogen and oxygen atoms in total. The smallest absolute Gasteiger partial charge is 0.328 e. The SMILES string of the molecule is C=C1C(=C(N)N)C(=C)N(CCCC)C(=O)N1CCCC. The Morgan fingerprint density at radius 3 is 1.70 bits per heavy atom. The lowest BCUT2D eigenvalue weighted by molar-refractivity contribution is 0.171. The minimum Gasteiger partial charge on any atom is -0.385 e. The van der Waals surface area contributed by atoms with Crippen LogP contribution in [0.1, 0.15) is 39.5 Å². The summed E-state index contributed by atoms with van der Waals surface area (Å²) in [5.74, 6) is 0.162. The summed E-state index contributed by atoms with van der Waals surface area (Å²) in [6.45, 7) is 13.3. The molecular formula is C15H26N4O. The number of rotatable bonds is 6. The van der Waals surface area contributed by atoms with Crippen LogP contribution >= 0.6 is 0 Å². The van der Waals surface area contributed by atoms with Crippen LogP contribution in [-0.4, -0.2) is 28.9 Å². The predicted molar refractivity (Wildman–Crippen MR) is 82.3 cm³/mol. The van der Waals surface area contributed by atoms with Gasteiger partial charge in [-0.2, -0.15) is 0 Å². The van der Waals surface area contributed by atoms with Gasteiger partial charge in [0.25, 0.3) is 0 Å². The second-order valence-electron chi connectivity index (χ2n) is 5.02. The van der Waals surface area contributed by atoms with Crippen molar-refractivity contribution in [1.82, 2.24) is 9.80 Å². The van der Waals surface area contributed by atoms with Gasteiger partial charge in [0.05, 0.1) is 17.0 Å². The van der Waals surface area contributed by atoms with Crippen molar-refractivity contribution in [2.75, 3.05) is 13.1 Å². The molecule has 1 saturated heterocycles. The minimum atomic E-state index is -0.0769. The molecule has 0 aliphatic carbocycles. The van der Waals surface area contributed by atoms with Gasteiger partial charge in [0, 0.05) is 13.1 Å². The average molecular weight is 278 g/mol. The molecule has 0 aromatic heterocycles. The molecule has 0 saturated carbocycles. The Balaban J connectivity index is 3.09. The molecule has 0 atom stereocenters. The van der Waals surface area contributed by atoms with E-state index in [1.807, 2.05) is 0 Å². The maximum absolute atomic E-state index is 12.6. The zero-order valence-electron chi connectivity index (χ0n) is 12.6. The quantitative estimate of drug-likeness (QED) is 0.783. The number of urea groups is 1. The highest BCUT2D eigenvalue weighted by atomic mass is 16.2. The van der Waals surface area contributed by atoms with Gasteiger partial charge >= 0.3 is 6.03 Å². The van der Waals surface area contributed by atoms with E-state index in [2.05, 4.69) is 27.0 Å². The molecule has 0 unspecified atom stereocenters. The van der Waals surface area contributed by atoms with Crippen LogP contribution < -0.4 is 11.5 Å². The monoisotopic (exact) mass is 278 g/mol. The lowest BCUT2D eigenvalue weighted by Gasteiger charge is -2.40. The Morgan fingerprint density at radius 1 is 1.00 bits per heavy atom. The molecule has 4 N–H and O–H groups in total. The maximum atomic E-state index is 12.6. The van der Waals surface area contributed by atoms with Crippen LogP contribution in [0.3, 0.4) is 0 Å². The van der Waals surface area contributed by atoms with Gasteiger partial charge in [-0.15, -0.1) is 0 Å². The van der Waals surface area contributed by atoms with E-state index in [9.17, 15) is 4.79 Å². The summed E-state index contributed by atoms with van der Waals surface area (Å²) in [6.07, 6.45) is 3.83. The van der Waals surface area contributed by atoms with E-state index in [-0.39, 0.29) is 11.9 Å². The summed E-state index contributed by atoms with van der Waals surface area (Å²) >= 11 is 0. The van der Waals surface area contributed by atoms with E-state index in [1.165, 1.54) is 0 Å². The van der Waals surface area contributed by atoms with E-state index in [4.69, 9.17) is 11.5 Å². The molecule has 0 bridgehead atoms. The summed E-state index contributed by atoms with van der Waals surface area (Å²) in [7, 11) is 0. The Labute approximate surface area is 121 Å². The molecule has 1 aliphatic heterocycles. The van der Waals surface area contributed by atoms with Gasteiger partial charge < -0.3 is 11.5 Å². The summed E-state index contributed by atoms with van der Waals surface area (Å²) < 4.78 is 0. The first-order valence-corrected chi connectivity index (χ1v) is 7.18. The lowest BCUT2D eigenvalue weighted by Crippen LogP contribution is -2.49. The zero-order valence-corrected chi connectivity index (χ0v) is 12.6. The van der Waals surface area contributed by atoms with Gasteiger partial charge in [0.2, 0.25) is 0 Å². The zero-order chi connectivity index (χ0) is 15.3. The number of carbonyl (C=O) groups is 1.